The Morgan fingerprint density at radius 3 is 2.75 bits per heavy atom. The molecule has 2 aromatic heterocycles. The van der Waals surface area contributed by atoms with Crippen molar-refractivity contribution in [3.63, 3.8) is 0 Å². The lowest BCUT2D eigenvalue weighted by molar-refractivity contribution is 0.0518. The van der Waals surface area contributed by atoms with Crippen LogP contribution in [0.1, 0.15) is 23.0 Å². The molecule has 9 heteroatoms. The maximum absolute atomic E-state index is 11.7. The van der Waals surface area contributed by atoms with Crippen molar-refractivity contribution in [1.29, 1.82) is 5.26 Å². The van der Waals surface area contributed by atoms with Crippen molar-refractivity contribution in [3.8, 4) is 12.0 Å². The molecule has 0 bridgehead atoms. The van der Waals surface area contributed by atoms with Crippen LogP contribution in [0.25, 0.3) is 5.95 Å². The first-order chi connectivity index (χ1) is 9.58. The molecule has 2 aromatic rings. The second kappa shape index (κ2) is 5.66. The van der Waals surface area contributed by atoms with Crippen molar-refractivity contribution in [3.05, 3.63) is 28.1 Å². The Morgan fingerprint density at radius 1 is 1.55 bits per heavy atom. The van der Waals surface area contributed by atoms with E-state index in [0.29, 0.717) is 4.47 Å². The van der Waals surface area contributed by atoms with Crippen LogP contribution in [-0.2, 0) is 4.74 Å². The predicted octanol–water partition coefficient (Wildman–Crippen LogP) is 1.06. The highest BCUT2D eigenvalue weighted by Crippen LogP contribution is 2.19. The topological polar surface area (TPSA) is 120 Å². The summed E-state index contributed by atoms with van der Waals surface area (Å²) >= 11 is 3.20. The summed E-state index contributed by atoms with van der Waals surface area (Å²) < 4.78 is 6.63. The van der Waals surface area contributed by atoms with Gasteiger partial charge in [-0.25, -0.2) is 14.8 Å². The molecule has 0 fully saturated rings. The Morgan fingerprint density at radius 2 is 2.20 bits per heavy atom. The van der Waals surface area contributed by atoms with Crippen LogP contribution < -0.4 is 5.73 Å². The highest BCUT2D eigenvalue weighted by Gasteiger charge is 2.24. The van der Waals surface area contributed by atoms with Crippen LogP contribution >= 0.6 is 15.9 Å². The van der Waals surface area contributed by atoms with Crippen LogP contribution in [-0.4, -0.2) is 32.3 Å². The monoisotopic (exact) mass is 336 g/mol. The van der Waals surface area contributed by atoms with Crippen LogP contribution in [0.15, 0.2) is 16.9 Å². The maximum atomic E-state index is 11.7. The predicted molar refractivity (Wildman–Crippen MR) is 71.9 cm³/mol. The Labute approximate surface area is 122 Å². The van der Waals surface area contributed by atoms with Crippen LogP contribution in [0.4, 0.5) is 5.82 Å². The Hall–Kier alpha value is -2.47. The van der Waals surface area contributed by atoms with Gasteiger partial charge in [0, 0.05) is 12.4 Å². The van der Waals surface area contributed by atoms with E-state index in [4.69, 9.17) is 15.7 Å². The fraction of sp³-hybridized carbons (Fsp3) is 0.182. The van der Waals surface area contributed by atoms with Crippen LogP contribution in [0.5, 0.6) is 0 Å². The molecule has 2 N–H and O–H groups in total. The molecular weight excluding hydrogens is 328 g/mol. The number of anilines is 1. The number of nitriles is 1. The van der Waals surface area contributed by atoms with E-state index in [1.54, 1.807) is 6.92 Å². The summed E-state index contributed by atoms with van der Waals surface area (Å²) in [4.78, 5) is 19.7. The molecule has 0 atom stereocenters. The average Bonchev–Trinajstić information content (AvgIpc) is 2.77. The van der Waals surface area contributed by atoms with Crippen molar-refractivity contribution < 1.29 is 9.53 Å². The summed E-state index contributed by atoms with van der Waals surface area (Å²) in [5, 5.41) is 13.0. The SMILES string of the molecule is CCOC(=O)c1nn(-c2ncc(Br)cn2)c(N)c1C#N. The fourth-order valence-electron chi connectivity index (χ4n) is 1.45. The van der Waals surface area contributed by atoms with Crippen molar-refractivity contribution in [2.75, 3.05) is 12.3 Å². The Kier molecular flexibility index (Phi) is 3.95. The summed E-state index contributed by atoms with van der Waals surface area (Å²) in [6.07, 6.45) is 3.00. The molecule has 2 heterocycles. The molecule has 0 saturated carbocycles. The van der Waals surface area contributed by atoms with E-state index in [1.807, 2.05) is 6.07 Å². The first kappa shape index (κ1) is 14.0. The molecule has 2 rings (SSSR count). The molecule has 0 unspecified atom stereocenters. The van der Waals surface area contributed by atoms with Gasteiger partial charge < -0.3 is 10.5 Å². The number of carbonyl (C=O) groups is 1. The molecule has 0 aliphatic heterocycles. The first-order valence-corrected chi connectivity index (χ1v) is 6.31. The van der Waals surface area contributed by atoms with Crippen molar-refractivity contribution in [1.82, 2.24) is 19.7 Å². The van der Waals surface area contributed by atoms with E-state index in [0.717, 1.165) is 4.68 Å². The van der Waals surface area contributed by atoms with E-state index in [9.17, 15) is 4.79 Å². The lowest BCUT2D eigenvalue weighted by Gasteiger charge is -2.00. The number of nitrogen functional groups attached to an aromatic ring is 1. The van der Waals surface area contributed by atoms with Crippen LogP contribution in [0.3, 0.4) is 0 Å². The van der Waals surface area contributed by atoms with E-state index in [-0.39, 0.29) is 29.6 Å². The van der Waals surface area contributed by atoms with Crippen molar-refractivity contribution in [2.24, 2.45) is 0 Å². The van der Waals surface area contributed by atoms with Gasteiger partial charge in [-0.3, -0.25) is 0 Å². The third-order valence-corrected chi connectivity index (χ3v) is 2.71. The van der Waals surface area contributed by atoms with Gasteiger partial charge in [-0.2, -0.15) is 15.0 Å². The molecule has 102 valence electrons. The highest BCUT2D eigenvalue weighted by atomic mass is 79.9. The summed E-state index contributed by atoms with van der Waals surface area (Å²) in [6, 6.07) is 1.83. The minimum absolute atomic E-state index is 0.0159. The van der Waals surface area contributed by atoms with Gasteiger partial charge in [-0.1, -0.05) is 0 Å². The van der Waals surface area contributed by atoms with Gasteiger partial charge in [0.15, 0.2) is 5.69 Å². The second-order valence-electron chi connectivity index (χ2n) is 3.55. The number of nitrogens with two attached hydrogens (primary N) is 1. The molecule has 20 heavy (non-hydrogen) atoms. The number of ether oxygens (including phenoxy) is 1. The number of esters is 1. The zero-order valence-electron chi connectivity index (χ0n) is 10.4. The van der Waals surface area contributed by atoms with Gasteiger partial charge in [0.2, 0.25) is 0 Å². The quantitative estimate of drug-likeness (QED) is 0.831. The van der Waals surface area contributed by atoms with Gasteiger partial charge in [0.1, 0.15) is 17.5 Å². The summed E-state index contributed by atoms with van der Waals surface area (Å²) in [5.41, 5.74) is 5.58. The number of aromatic nitrogens is 4. The number of carbonyl (C=O) groups excluding carboxylic acids is 1. The zero-order chi connectivity index (χ0) is 14.7. The lowest BCUT2D eigenvalue weighted by Crippen LogP contribution is -2.09. The number of hydrogen-bond acceptors (Lipinski definition) is 7. The molecule has 0 amide bonds. The zero-order valence-corrected chi connectivity index (χ0v) is 12.0. The second-order valence-corrected chi connectivity index (χ2v) is 4.47. The van der Waals surface area contributed by atoms with Crippen molar-refractivity contribution >= 4 is 27.7 Å². The molecule has 0 saturated heterocycles. The van der Waals surface area contributed by atoms with E-state index >= 15 is 0 Å². The van der Waals surface area contributed by atoms with Crippen molar-refractivity contribution in [2.45, 2.75) is 6.92 Å². The third-order valence-electron chi connectivity index (χ3n) is 2.30. The molecule has 0 radical (unpaired) electrons. The van der Waals surface area contributed by atoms with Gasteiger partial charge in [0.05, 0.1) is 11.1 Å². The highest BCUT2D eigenvalue weighted by molar-refractivity contribution is 9.10. The molecule has 8 nitrogen and oxygen atoms in total. The summed E-state index contributed by atoms with van der Waals surface area (Å²) in [5.74, 6) is -0.581. The van der Waals surface area contributed by atoms with Gasteiger partial charge >= 0.3 is 5.97 Å². The van der Waals surface area contributed by atoms with E-state index in [2.05, 4.69) is 31.0 Å². The first-order valence-electron chi connectivity index (χ1n) is 5.52. The minimum atomic E-state index is -0.716. The normalized spacial score (nSPS) is 10.1. The minimum Gasteiger partial charge on any atom is -0.461 e. The fourth-order valence-corrected chi connectivity index (χ4v) is 1.66. The van der Waals surface area contributed by atoms with E-state index in [1.165, 1.54) is 12.4 Å². The van der Waals surface area contributed by atoms with Crippen LogP contribution in [0, 0.1) is 11.3 Å². The smallest absolute Gasteiger partial charge is 0.360 e. The largest absolute Gasteiger partial charge is 0.461 e. The van der Waals surface area contributed by atoms with Gasteiger partial charge in [-0.15, -0.1) is 0 Å². The molecule has 0 spiro atoms. The van der Waals surface area contributed by atoms with Gasteiger partial charge in [0.25, 0.3) is 5.95 Å². The summed E-state index contributed by atoms with van der Waals surface area (Å²) in [6.45, 7) is 1.83. The maximum Gasteiger partial charge on any atom is 0.360 e. The lowest BCUT2D eigenvalue weighted by atomic mass is 10.2. The van der Waals surface area contributed by atoms with Crippen LogP contribution in [0.2, 0.25) is 0 Å². The number of nitrogens with zero attached hydrogens (tertiary/aromatic N) is 5. The molecule has 0 aliphatic carbocycles. The van der Waals surface area contributed by atoms with E-state index < -0.39 is 5.97 Å². The molecule has 0 aliphatic rings. The number of rotatable bonds is 3. The Bertz CT molecular complexity index is 688. The third kappa shape index (κ3) is 2.46. The van der Waals surface area contributed by atoms with Gasteiger partial charge in [-0.05, 0) is 22.9 Å². The summed E-state index contributed by atoms with van der Waals surface area (Å²) in [7, 11) is 0. The Balaban J connectivity index is 2.53. The number of halogens is 1. The standard InChI is InChI=1S/C11H9BrN6O2/c1-2-20-10(19)8-7(3-13)9(14)18(17-8)11-15-4-6(12)5-16-11/h4-5H,2,14H2,1H3. The molecular formula is C11H9BrN6O2. The molecule has 0 aromatic carbocycles. The average molecular weight is 337 g/mol. The number of hydrogen-bond donors (Lipinski definition) is 1.